The molecule has 0 aliphatic carbocycles. The van der Waals surface area contributed by atoms with Crippen molar-refractivity contribution in [1.29, 1.82) is 0 Å². The molecule has 0 spiro atoms. The second-order valence-corrected chi connectivity index (χ2v) is 7.13. The van der Waals surface area contributed by atoms with Crippen LogP contribution in [0.25, 0.3) is 0 Å². The van der Waals surface area contributed by atoms with Gasteiger partial charge in [-0.2, -0.15) is 4.98 Å². The first-order valence-corrected chi connectivity index (χ1v) is 8.96. The van der Waals surface area contributed by atoms with Gasteiger partial charge in [0.15, 0.2) is 5.82 Å². The predicted molar refractivity (Wildman–Crippen MR) is 87.8 cm³/mol. The maximum atomic E-state index is 12.8. The smallest absolute Gasteiger partial charge is 0.265 e. The van der Waals surface area contributed by atoms with Gasteiger partial charge in [-0.05, 0) is 39.5 Å². The molecule has 1 fully saturated rings. The zero-order valence-corrected chi connectivity index (χ0v) is 14.7. The topological polar surface area (TPSA) is 72.1 Å². The van der Waals surface area contributed by atoms with E-state index in [1.807, 2.05) is 18.7 Å². The lowest BCUT2D eigenvalue weighted by Gasteiger charge is -2.30. The van der Waals surface area contributed by atoms with Gasteiger partial charge >= 0.3 is 0 Å². The number of amides is 1. The number of aromatic nitrogens is 3. The third kappa shape index (κ3) is 3.44. The fourth-order valence-electron chi connectivity index (χ4n) is 2.96. The number of hydrogen-bond acceptors (Lipinski definition) is 6. The van der Waals surface area contributed by atoms with Crippen molar-refractivity contribution in [2.75, 3.05) is 13.1 Å². The number of likely N-dealkylation sites (tertiary alicyclic amines) is 1. The van der Waals surface area contributed by atoms with Gasteiger partial charge in [0, 0.05) is 13.1 Å². The van der Waals surface area contributed by atoms with Gasteiger partial charge in [0.1, 0.15) is 4.88 Å². The minimum atomic E-state index is 0.0864. The second kappa shape index (κ2) is 6.78. The van der Waals surface area contributed by atoms with Crippen molar-refractivity contribution >= 4 is 17.2 Å². The largest absolute Gasteiger partial charge is 0.339 e. The molecule has 2 aromatic heterocycles. The lowest BCUT2D eigenvalue weighted by Crippen LogP contribution is -2.39. The molecule has 0 N–H and O–H groups in total. The van der Waals surface area contributed by atoms with Crippen molar-refractivity contribution in [3.05, 3.63) is 27.3 Å². The number of hydrogen-bond donors (Lipinski definition) is 0. The van der Waals surface area contributed by atoms with Crippen LogP contribution in [0.15, 0.2) is 4.52 Å². The summed E-state index contributed by atoms with van der Waals surface area (Å²) in [5.41, 5.74) is 0.846. The van der Waals surface area contributed by atoms with Gasteiger partial charge in [0.2, 0.25) is 5.89 Å². The quantitative estimate of drug-likeness (QED) is 0.859. The van der Waals surface area contributed by atoms with Crippen LogP contribution in [-0.4, -0.2) is 39.0 Å². The van der Waals surface area contributed by atoms with Crippen LogP contribution >= 0.6 is 11.3 Å². The SMILES string of the molecule is CCCc1nc(C)c(C(=O)N2CCC[C@@H](c3nc(C)no3)C2)s1. The van der Waals surface area contributed by atoms with Crippen molar-refractivity contribution in [3.8, 4) is 0 Å². The zero-order chi connectivity index (χ0) is 16.4. The molecule has 3 heterocycles. The van der Waals surface area contributed by atoms with Crippen LogP contribution in [0.2, 0.25) is 0 Å². The Morgan fingerprint density at radius 2 is 2.22 bits per heavy atom. The molecule has 0 saturated carbocycles. The summed E-state index contributed by atoms with van der Waals surface area (Å²) in [6.45, 7) is 7.28. The predicted octanol–water partition coefficient (Wildman–Crippen LogP) is 3.12. The van der Waals surface area contributed by atoms with Crippen molar-refractivity contribution < 1.29 is 9.32 Å². The zero-order valence-electron chi connectivity index (χ0n) is 13.8. The van der Waals surface area contributed by atoms with Crippen LogP contribution in [0.1, 0.15) is 64.2 Å². The van der Waals surface area contributed by atoms with Gasteiger partial charge < -0.3 is 9.42 Å². The second-order valence-electron chi connectivity index (χ2n) is 6.04. The summed E-state index contributed by atoms with van der Waals surface area (Å²) in [5, 5.41) is 4.91. The molecular formula is C16H22N4O2S. The lowest BCUT2D eigenvalue weighted by molar-refractivity contribution is 0.0699. The number of carbonyl (C=O) groups excluding carboxylic acids is 1. The number of nitrogens with zero attached hydrogens (tertiary/aromatic N) is 4. The summed E-state index contributed by atoms with van der Waals surface area (Å²) in [6, 6.07) is 0. The van der Waals surface area contributed by atoms with E-state index in [4.69, 9.17) is 4.52 Å². The molecule has 1 amide bonds. The summed E-state index contributed by atoms with van der Waals surface area (Å²) in [4.78, 5) is 24.4. The van der Waals surface area contributed by atoms with Crippen LogP contribution in [0.3, 0.4) is 0 Å². The van der Waals surface area contributed by atoms with E-state index in [1.165, 1.54) is 11.3 Å². The summed E-state index contributed by atoms with van der Waals surface area (Å²) in [5.74, 6) is 1.51. The molecular weight excluding hydrogens is 312 g/mol. The molecule has 0 aromatic carbocycles. The number of carbonyl (C=O) groups is 1. The first-order valence-electron chi connectivity index (χ1n) is 8.14. The van der Waals surface area contributed by atoms with Crippen molar-refractivity contribution in [2.45, 2.75) is 52.4 Å². The minimum Gasteiger partial charge on any atom is -0.339 e. The Bertz CT molecular complexity index is 694. The highest BCUT2D eigenvalue weighted by molar-refractivity contribution is 7.13. The van der Waals surface area contributed by atoms with Gasteiger partial charge in [0.05, 0.1) is 16.6 Å². The molecule has 0 bridgehead atoms. The van der Waals surface area contributed by atoms with Gasteiger partial charge in [-0.25, -0.2) is 4.98 Å². The number of rotatable bonds is 4. The van der Waals surface area contributed by atoms with E-state index < -0.39 is 0 Å². The van der Waals surface area contributed by atoms with Crippen molar-refractivity contribution in [3.63, 3.8) is 0 Å². The molecule has 2 aromatic rings. The Labute approximate surface area is 139 Å². The Hall–Kier alpha value is -1.76. The van der Waals surface area contributed by atoms with E-state index in [0.29, 0.717) is 18.3 Å². The highest BCUT2D eigenvalue weighted by atomic mass is 32.1. The van der Waals surface area contributed by atoms with Crippen LogP contribution in [0.4, 0.5) is 0 Å². The Kier molecular flexibility index (Phi) is 4.75. The molecule has 23 heavy (non-hydrogen) atoms. The van der Waals surface area contributed by atoms with Gasteiger partial charge in [-0.15, -0.1) is 11.3 Å². The number of aryl methyl sites for hydroxylation is 3. The number of piperidine rings is 1. The summed E-state index contributed by atoms with van der Waals surface area (Å²) in [6.07, 6.45) is 3.91. The Morgan fingerprint density at radius 3 is 2.91 bits per heavy atom. The van der Waals surface area contributed by atoms with E-state index in [0.717, 1.165) is 47.8 Å². The van der Waals surface area contributed by atoms with Crippen LogP contribution in [0.5, 0.6) is 0 Å². The lowest BCUT2D eigenvalue weighted by atomic mass is 9.98. The third-order valence-electron chi connectivity index (χ3n) is 4.10. The first-order chi connectivity index (χ1) is 11.1. The van der Waals surface area contributed by atoms with E-state index in [2.05, 4.69) is 22.0 Å². The molecule has 6 nitrogen and oxygen atoms in total. The maximum Gasteiger partial charge on any atom is 0.265 e. The van der Waals surface area contributed by atoms with Gasteiger partial charge in [-0.3, -0.25) is 4.79 Å². The van der Waals surface area contributed by atoms with Crippen LogP contribution in [0, 0.1) is 13.8 Å². The van der Waals surface area contributed by atoms with E-state index in [-0.39, 0.29) is 11.8 Å². The Morgan fingerprint density at radius 1 is 1.39 bits per heavy atom. The monoisotopic (exact) mass is 334 g/mol. The van der Waals surface area contributed by atoms with Crippen LogP contribution in [-0.2, 0) is 6.42 Å². The molecule has 0 radical (unpaired) electrons. The minimum absolute atomic E-state index is 0.0864. The first kappa shape index (κ1) is 16.1. The highest BCUT2D eigenvalue weighted by Gasteiger charge is 2.30. The Balaban J connectivity index is 1.74. The third-order valence-corrected chi connectivity index (χ3v) is 5.31. The molecule has 0 unspecified atom stereocenters. The van der Waals surface area contributed by atoms with Crippen molar-refractivity contribution in [2.24, 2.45) is 0 Å². The average molecular weight is 334 g/mol. The molecule has 1 atom stereocenters. The van der Waals surface area contributed by atoms with E-state index >= 15 is 0 Å². The van der Waals surface area contributed by atoms with Crippen molar-refractivity contribution in [1.82, 2.24) is 20.0 Å². The van der Waals surface area contributed by atoms with E-state index in [1.54, 1.807) is 0 Å². The summed E-state index contributed by atoms with van der Waals surface area (Å²) >= 11 is 1.53. The average Bonchev–Trinajstić information content (AvgIpc) is 3.13. The standard InChI is InChI=1S/C16H22N4O2S/c1-4-6-13-17-10(2)14(23-13)16(21)20-8-5-7-12(9-20)15-18-11(3)19-22-15/h12H,4-9H2,1-3H3/t12-/m1/s1. The normalized spacial score (nSPS) is 18.4. The molecule has 124 valence electrons. The summed E-state index contributed by atoms with van der Waals surface area (Å²) in [7, 11) is 0. The molecule has 7 heteroatoms. The van der Waals surface area contributed by atoms with Gasteiger partial charge in [0.25, 0.3) is 5.91 Å². The fraction of sp³-hybridized carbons (Fsp3) is 0.625. The molecule has 1 aliphatic heterocycles. The molecule has 1 aliphatic rings. The highest BCUT2D eigenvalue weighted by Crippen LogP contribution is 2.28. The fourth-order valence-corrected chi connectivity index (χ4v) is 4.09. The molecule has 3 rings (SSSR count). The maximum absolute atomic E-state index is 12.8. The van der Waals surface area contributed by atoms with Gasteiger partial charge in [-0.1, -0.05) is 12.1 Å². The van der Waals surface area contributed by atoms with E-state index in [9.17, 15) is 4.79 Å². The summed E-state index contributed by atoms with van der Waals surface area (Å²) < 4.78 is 5.29. The number of thiazole rings is 1. The molecule has 1 saturated heterocycles. The van der Waals surface area contributed by atoms with Crippen LogP contribution < -0.4 is 0 Å².